The molecule has 0 spiro atoms. The minimum absolute atomic E-state index is 0.0244. The smallest absolute Gasteiger partial charge is 0.243 e. The van der Waals surface area contributed by atoms with Gasteiger partial charge in [-0.3, -0.25) is 4.79 Å². The molecule has 0 aromatic rings. The van der Waals surface area contributed by atoms with Gasteiger partial charge in [0.05, 0.1) is 6.61 Å². The summed E-state index contributed by atoms with van der Waals surface area (Å²) in [6.45, 7) is 4.56. The van der Waals surface area contributed by atoms with Crippen LogP contribution in [0.15, 0.2) is 0 Å². The largest absolute Gasteiger partial charge is 0.370 e. The molecule has 4 nitrogen and oxygen atoms in total. The van der Waals surface area contributed by atoms with Gasteiger partial charge in [-0.05, 0) is 13.0 Å². The summed E-state index contributed by atoms with van der Waals surface area (Å²) >= 11 is 0. The van der Waals surface area contributed by atoms with Crippen molar-refractivity contribution in [1.29, 1.82) is 0 Å². The summed E-state index contributed by atoms with van der Waals surface area (Å²) in [5.41, 5.74) is 4.89. The molecule has 78 valence electrons. The van der Waals surface area contributed by atoms with Crippen molar-refractivity contribution in [3.63, 3.8) is 0 Å². The highest BCUT2D eigenvalue weighted by Crippen LogP contribution is 1.90. The van der Waals surface area contributed by atoms with Crippen LogP contribution in [0.5, 0.6) is 0 Å². The van der Waals surface area contributed by atoms with E-state index >= 15 is 0 Å². The van der Waals surface area contributed by atoms with Gasteiger partial charge >= 0.3 is 0 Å². The predicted octanol–water partition coefficient (Wildman–Crippen LogP) is 0.268. The Morgan fingerprint density at radius 3 is 2.77 bits per heavy atom. The Morgan fingerprint density at radius 1 is 1.38 bits per heavy atom. The predicted molar refractivity (Wildman–Crippen MR) is 52.4 cm³/mol. The highest BCUT2D eigenvalue weighted by molar-refractivity contribution is 5.74. The summed E-state index contributed by atoms with van der Waals surface area (Å²) < 4.78 is 4.96. The number of nitrogens with two attached hydrogens (primary N) is 1. The van der Waals surface area contributed by atoms with Gasteiger partial charge in [0.1, 0.15) is 6.61 Å². The number of ether oxygens (including phenoxy) is 1. The molecule has 13 heavy (non-hydrogen) atoms. The van der Waals surface area contributed by atoms with Gasteiger partial charge in [0.25, 0.3) is 0 Å². The van der Waals surface area contributed by atoms with E-state index in [1.54, 1.807) is 0 Å². The van der Waals surface area contributed by atoms with Crippen molar-refractivity contribution < 1.29 is 9.53 Å². The molecule has 0 bridgehead atoms. The number of hydrogen-bond donors (Lipinski definition) is 2. The maximum absolute atomic E-state index is 10.3. The van der Waals surface area contributed by atoms with Crippen molar-refractivity contribution in [2.24, 2.45) is 5.73 Å². The lowest BCUT2D eigenvalue weighted by Crippen LogP contribution is -2.24. The van der Waals surface area contributed by atoms with E-state index in [-0.39, 0.29) is 6.61 Å². The zero-order valence-electron chi connectivity index (χ0n) is 8.34. The van der Waals surface area contributed by atoms with Crippen molar-refractivity contribution >= 4 is 5.91 Å². The normalized spacial score (nSPS) is 10.2. The van der Waals surface area contributed by atoms with Crippen LogP contribution in [-0.2, 0) is 9.53 Å². The fourth-order valence-electron chi connectivity index (χ4n) is 0.942. The van der Waals surface area contributed by atoms with Gasteiger partial charge in [0.2, 0.25) is 5.91 Å². The van der Waals surface area contributed by atoms with Crippen LogP contribution in [0.2, 0.25) is 0 Å². The molecule has 0 rings (SSSR count). The Morgan fingerprint density at radius 2 is 2.15 bits per heavy atom. The molecular weight excluding hydrogens is 168 g/mol. The van der Waals surface area contributed by atoms with Gasteiger partial charge in [0.15, 0.2) is 0 Å². The first kappa shape index (κ1) is 12.4. The lowest BCUT2D eigenvalue weighted by molar-refractivity contribution is -0.122. The second-order valence-corrected chi connectivity index (χ2v) is 2.98. The van der Waals surface area contributed by atoms with Gasteiger partial charge in [-0.1, -0.05) is 19.8 Å². The van der Waals surface area contributed by atoms with Crippen LogP contribution >= 0.6 is 0 Å². The van der Waals surface area contributed by atoms with E-state index in [9.17, 15) is 4.79 Å². The number of amides is 1. The molecule has 0 aliphatic rings. The summed E-state index contributed by atoms with van der Waals surface area (Å²) in [4.78, 5) is 10.3. The molecule has 4 heteroatoms. The second-order valence-electron chi connectivity index (χ2n) is 2.98. The molecule has 0 aliphatic heterocycles. The summed E-state index contributed by atoms with van der Waals surface area (Å²) in [7, 11) is 0. The zero-order chi connectivity index (χ0) is 9.94. The number of carbonyl (C=O) groups is 1. The van der Waals surface area contributed by atoms with Gasteiger partial charge in [-0.15, -0.1) is 0 Å². The number of carbonyl (C=O) groups excluding carboxylic acids is 1. The van der Waals surface area contributed by atoms with Crippen LogP contribution in [0.25, 0.3) is 0 Å². The highest BCUT2D eigenvalue weighted by atomic mass is 16.5. The summed E-state index contributed by atoms with van der Waals surface area (Å²) in [5.74, 6) is -0.411. The van der Waals surface area contributed by atoms with Crippen LogP contribution in [0.3, 0.4) is 0 Å². The van der Waals surface area contributed by atoms with E-state index in [1.165, 1.54) is 19.3 Å². The topological polar surface area (TPSA) is 64.3 Å². The van der Waals surface area contributed by atoms with E-state index in [0.29, 0.717) is 6.61 Å². The Balaban J connectivity index is 2.87. The van der Waals surface area contributed by atoms with Crippen molar-refractivity contribution in [2.75, 3.05) is 26.3 Å². The van der Waals surface area contributed by atoms with Gasteiger partial charge in [-0.2, -0.15) is 0 Å². The summed E-state index contributed by atoms with van der Waals surface area (Å²) in [6.07, 6.45) is 3.70. The third-order valence-electron chi connectivity index (χ3n) is 1.62. The molecule has 0 radical (unpaired) electrons. The molecule has 0 atom stereocenters. The molecule has 1 amide bonds. The van der Waals surface area contributed by atoms with Crippen LogP contribution < -0.4 is 11.1 Å². The molecule has 0 saturated heterocycles. The molecule has 3 N–H and O–H groups in total. The van der Waals surface area contributed by atoms with Crippen LogP contribution in [0.1, 0.15) is 26.2 Å². The van der Waals surface area contributed by atoms with E-state index in [1.807, 2.05) is 0 Å². The number of primary amides is 1. The van der Waals surface area contributed by atoms with Crippen LogP contribution in [0.4, 0.5) is 0 Å². The molecule has 0 aromatic carbocycles. The number of rotatable bonds is 9. The van der Waals surface area contributed by atoms with E-state index in [2.05, 4.69) is 12.2 Å². The first-order valence-electron chi connectivity index (χ1n) is 4.84. The number of unbranched alkanes of at least 4 members (excludes halogenated alkanes) is 2. The number of nitrogens with one attached hydrogen (secondary N) is 1. The Kier molecular flexibility index (Phi) is 9.03. The standard InChI is InChI=1S/C9H20N2O2/c1-2-3-4-5-11-6-7-13-8-9(10)12/h11H,2-8H2,1H3,(H2,10,12). The Hall–Kier alpha value is -0.610. The first-order chi connectivity index (χ1) is 6.27. The molecule has 0 aliphatic carbocycles. The average Bonchev–Trinajstić information content (AvgIpc) is 2.09. The van der Waals surface area contributed by atoms with Crippen LogP contribution in [-0.4, -0.2) is 32.2 Å². The van der Waals surface area contributed by atoms with E-state index < -0.39 is 5.91 Å². The summed E-state index contributed by atoms with van der Waals surface area (Å²) in [5, 5.41) is 3.22. The molecule has 0 aromatic heterocycles. The molecule has 0 heterocycles. The third-order valence-corrected chi connectivity index (χ3v) is 1.62. The second kappa shape index (κ2) is 9.48. The van der Waals surface area contributed by atoms with Gasteiger partial charge < -0.3 is 15.8 Å². The van der Waals surface area contributed by atoms with Crippen LogP contribution in [0, 0.1) is 0 Å². The molecular formula is C9H20N2O2. The summed E-state index contributed by atoms with van der Waals surface area (Å²) in [6, 6.07) is 0. The van der Waals surface area contributed by atoms with Crippen molar-refractivity contribution in [1.82, 2.24) is 5.32 Å². The molecule has 0 unspecified atom stereocenters. The zero-order valence-corrected chi connectivity index (χ0v) is 8.34. The Bertz CT molecular complexity index is 129. The fourth-order valence-corrected chi connectivity index (χ4v) is 0.942. The lowest BCUT2D eigenvalue weighted by Gasteiger charge is -2.03. The quantitative estimate of drug-likeness (QED) is 0.510. The first-order valence-corrected chi connectivity index (χ1v) is 4.84. The monoisotopic (exact) mass is 188 g/mol. The Labute approximate surface area is 79.8 Å². The van der Waals surface area contributed by atoms with Gasteiger partial charge in [-0.25, -0.2) is 0 Å². The minimum atomic E-state index is -0.411. The fraction of sp³-hybridized carbons (Fsp3) is 0.889. The maximum Gasteiger partial charge on any atom is 0.243 e. The minimum Gasteiger partial charge on any atom is -0.370 e. The van der Waals surface area contributed by atoms with E-state index in [0.717, 1.165) is 13.1 Å². The maximum atomic E-state index is 10.3. The highest BCUT2D eigenvalue weighted by Gasteiger charge is 1.92. The molecule has 0 saturated carbocycles. The third kappa shape index (κ3) is 11.4. The van der Waals surface area contributed by atoms with Crippen molar-refractivity contribution in [3.05, 3.63) is 0 Å². The van der Waals surface area contributed by atoms with Gasteiger partial charge in [0, 0.05) is 6.54 Å². The van der Waals surface area contributed by atoms with Crippen molar-refractivity contribution in [2.45, 2.75) is 26.2 Å². The van der Waals surface area contributed by atoms with Crippen molar-refractivity contribution in [3.8, 4) is 0 Å². The SMILES string of the molecule is CCCCCNCCOCC(N)=O. The number of hydrogen-bond acceptors (Lipinski definition) is 3. The lowest BCUT2D eigenvalue weighted by atomic mass is 10.2. The van der Waals surface area contributed by atoms with E-state index in [4.69, 9.17) is 10.5 Å². The average molecular weight is 188 g/mol. The molecule has 0 fully saturated rings.